The number of hydrogen-bond acceptors (Lipinski definition) is 3. The smallest absolute Gasteiger partial charge is 0.118 e. The molecular formula is C14H15BrClNOS. The summed E-state index contributed by atoms with van der Waals surface area (Å²) >= 11 is 11.0. The van der Waals surface area contributed by atoms with Crippen LogP contribution in [0.4, 0.5) is 0 Å². The van der Waals surface area contributed by atoms with Crippen LogP contribution in [0.3, 0.4) is 0 Å². The van der Waals surface area contributed by atoms with Gasteiger partial charge in [-0.25, -0.2) is 0 Å². The van der Waals surface area contributed by atoms with Crippen LogP contribution in [0.1, 0.15) is 22.9 Å². The van der Waals surface area contributed by atoms with E-state index in [1.807, 2.05) is 18.2 Å². The number of thiophene rings is 1. The summed E-state index contributed by atoms with van der Waals surface area (Å²) in [6.07, 6.45) is 1.84. The Labute approximate surface area is 130 Å². The summed E-state index contributed by atoms with van der Waals surface area (Å²) in [5.41, 5.74) is 7.45. The van der Waals surface area contributed by atoms with Gasteiger partial charge in [-0.05, 0) is 52.5 Å². The van der Waals surface area contributed by atoms with Gasteiger partial charge < -0.3 is 10.5 Å². The molecule has 0 bridgehead atoms. The summed E-state index contributed by atoms with van der Waals surface area (Å²) < 4.78 is 6.82. The molecule has 2 nitrogen and oxygen atoms in total. The Morgan fingerprint density at radius 2 is 2.05 bits per heavy atom. The van der Waals surface area contributed by atoms with Crippen molar-refractivity contribution >= 4 is 38.9 Å². The highest BCUT2D eigenvalue weighted by Crippen LogP contribution is 2.35. The first-order valence-electron chi connectivity index (χ1n) is 5.93. The van der Waals surface area contributed by atoms with E-state index in [1.54, 1.807) is 7.11 Å². The van der Waals surface area contributed by atoms with E-state index in [2.05, 4.69) is 28.1 Å². The van der Waals surface area contributed by atoms with Gasteiger partial charge in [-0.15, -0.1) is 11.3 Å². The zero-order valence-electron chi connectivity index (χ0n) is 10.5. The van der Waals surface area contributed by atoms with Crippen molar-refractivity contribution in [3.63, 3.8) is 0 Å². The first kappa shape index (κ1) is 14.9. The van der Waals surface area contributed by atoms with Crippen molar-refractivity contribution in [1.82, 2.24) is 0 Å². The molecule has 2 aromatic rings. The van der Waals surface area contributed by atoms with E-state index >= 15 is 0 Å². The fourth-order valence-electron chi connectivity index (χ4n) is 1.80. The molecule has 0 aliphatic rings. The lowest BCUT2D eigenvalue weighted by molar-refractivity contribution is 0.414. The van der Waals surface area contributed by atoms with Crippen LogP contribution in [-0.2, 0) is 6.42 Å². The summed E-state index contributed by atoms with van der Waals surface area (Å²) in [7, 11) is 1.67. The molecule has 0 aliphatic heterocycles. The maximum Gasteiger partial charge on any atom is 0.118 e. The number of hydrogen-bond donors (Lipinski definition) is 1. The minimum atomic E-state index is 0.0240. The number of methoxy groups -OCH3 is 1. The maximum atomic E-state index is 6.19. The Bertz CT molecular complexity index is 521. The summed E-state index contributed by atoms with van der Waals surface area (Å²) in [6, 6.07) is 10.1. The minimum Gasteiger partial charge on any atom is -0.497 e. The molecule has 0 saturated carbocycles. The normalized spacial score (nSPS) is 12.4. The maximum absolute atomic E-state index is 6.19. The summed E-state index contributed by atoms with van der Waals surface area (Å²) in [6.45, 7) is 0. The van der Waals surface area contributed by atoms with Gasteiger partial charge in [0.25, 0.3) is 0 Å². The quantitative estimate of drug-likeness (QED) is 0.831. The van der Waals surface area contributed by atoms with E-state index < -0.39 is 0 Å². The van der Waals surface area contributed by atoms with Crippen LogP contribution >= 0.6 is 38.9 Å². The van der Waals surface area contributed by atoms with Gasteiger partial charge in [-0.2, -0.15) is 0 Å². The molecule has 19 heavy (non-hydrogen) atoms. The highest BCUT2D eigenvalue weighted by atomic mass is 79.9. The fraction of sp³-hybridized carbons (Fsp3) is 0.286. The Hall–Kier alpha value is -0.550. The number of ether oxygens (including phenoxy) is 1. The van der Waals surface area contributed by atoms with Crippen molar-refractivity contribution in [2.75, 3.05) is 7.11 Å². The molecule has 0 saturated heterocycles. The van der Waals surface area contributed by atoms with E-state index in [-0.39, 0.29) is 6.04 Å². The van der Waals surface area contributed by atoms with E-state index in [0.29, 0.717) is 0 Å². The van der Waals surface area contributed by atoms with Crippen LogP contribution in [0.25, 0.3) is 0 Å². The van der Waals surface area contributed by atoms with Gasteiger partial charge in [0, 0.05) is 15.4 Å². The van der Waals surface area contributed by atoms with Gasteiger partial charge >= 0.3 is 0 Å². The Morgan fingerprint density at radius 3 is 2.58 bits per heavy atom. The largest absolute Gasteiger partial charge is 0.497 e. The first-order chi connectivity index (χ1) is 9.10. The third-order valence-corrected chi connectivity index (χ3v) is 5.54. The molecule has 2 N–H and O–H groups in total. The standard InChI is InChI=1S/C14H15BrClNOS/c1-18-10-5-2-9(3-6-10)4-7-12(17)13-8-11(15)14(16)19-13/h2-3,5-6,8,12H,4,7,17H2,1H3. The first-order valence-corrected chi connectivity index (χ1v) is 7.92. The zero-order valence-corrected chi connectivity index (χ0v) is 13.7. The molecule has 0 radical (unpaired) electrons. The molecule has 5 heteroatoms. The number of rotatable bonds is 5. The average Bonchev–Trinajstić information content (AvgIpc) is 2.77. The predicted octanol–water partition coefficient (Wildman–Crippen LogP) is 4.81. The Morgan fingerprint density at radius 1 is 1.37 bits per heavy atom. The Kier molecular flexibility index (Phi) is 5.28. The summed E-state index contributed by atoms with van der Waals surface area (Å²) in [5, 5.41) is 0. The second-order valence-corrected chi connectivity index (χ2v) is 6.80. The van der Waals surface area contributed by atoms with Crippen molar-refractivity contribution in [3.8, 4) is 5.75 Å². The van der Waals surface area contributed by atoms with Crippen molar-refractivity contribution in [1.29, 1.82) is 0 Å². The van der Waals surface area contributed by atoms with E-state index in [0.717, 1.165) is 32.3 Å². The molecule has 1 atom stereocenters. The van der Waals surface area contributed by atoms with Gasteiger partial charge in [-0.3, -0.25) is 0 Å². The lowest BCUT2D eigenvalue weighted by Crippen LogP contribution is -2.09. The second-order valence-electron chi connectivity index (χ2n) is 4.26. The van der Waals surface area contributed by atoms with Crippen molar-refractivity contribution < 1.29 is 4.74 Å². The van der Waals surface area contributed by atoms with Crippen molar-refractivity contribution in [2.45, 2.75) is 18.9 Å². The van der Waals surface area contributed by atoms with Gasteiger partial charge in [0.2, 0.25) is 0 Å². The van der Waals surface area contributed by atoms with E-state index in [9.17, 15) is 0 Å². The number of benzene rings is 1. The highest BCUT2D eigenvalue weighted by Gasteiger charge is 2.12. The molecule has 1 heterocycles. The van der Waals surface area contributed by atoms with Crippen LogP contribution < -0.4 is 10.5 Å². The third kappa shape index (κ3) is 3.96. The average molecular weight is 361 g/mol. The van der Waals surface area contributed by atoms with Crippen LogP contribution in [0, 0.1) is 0 Å². The second kappa shape index (κ2) is 6.75. The third-order valence-electron chi connectivity index (χ3n) is 2.93. The molecule has 0 amide bonds. The molecule has 0 spiro atoms. The van der Waals surface area contributed by atoms with Crippen molar-refractivity contribution in [3.05, 3.63) is 49.6 Å². The molecule has 0 fully saturated rings. The van der Waals surface area contributed by atoms with Gasteiger partial charge in [0.1, 0.15) is 10.1 Å². The van der Waals surface area contributed by atoms with Gasteiger partial charge in [0.15, 0.2) is 0 Å². The van der Waals surface area contributed by atoms with Crippen LogP contribution in [0.2, 0.25) is 4.34 Å². The molecule has 1 aromatic carbocycles. The summed E-state index contributed by atoms with van der Waals surface area (Å²) in [5.74, 6) is 0.877. The molecule has 1 aromatic heterocycles. The molecular weight excluding hydrogens is 346 g/mol. The van der Waals surface area contributed by atoms with Gasteiger partial charge in [0.05, 0.1) is 7.11 Å². The predicted molar refractivity (Wildman–Crippen MR) is 85.3 cm³/mol. The molecule has 102 valence electrons. The number of nitrogens with two attached hydrogens (primary N) is 1. The van der Waals surface area contributed by atoms with Crippen molar-refractivity contribution in [2.24, 2.45) is 5.73 Å². The SMILES string of the molecule is COc1ccc(CCC(N)c2cc(Br)c(Cl)s2)cc1. The minimum absolute atomic E-state index is 0.0240. The molecule has 2 rings (SSSR count). The summed E-state index contributed by atoms with van der Waals surface area (Å²) in [4.78, 5) is 1.12. The number of aryl methyl sites for hydroxylation is 1. The zero-order chi connectivity index (χ0) is 13.8. The monoisotopic (exact) mass is 359 g/mol. The van der Waals surface area contributed by atoms with Crippen LogP contribution in [0.15, 0.2) is 34.8 Å². The van der Waals surface area contributed by atoms with Crippen LogP contribution in [0.5, 0.6) is 5.75 Å². The van der Waals surface area contributed by atoms with E-state index in [4.69, 9.17) is 22.1 Å². The van der Waals surface area contributed by atoms with Gasteiger partial charge in [-0.1, -0.05) is 23.7 Å². The topological polar surface area (TPSA) is 35.2 Å². The molecule has 0 aliphatic carbocycles. The van der Waals surface area contributed by atoms with Crippen LogP contribution in [-0.4, -0.2) is 7.11 Å². The number of halogens is 2. The lowest BCUT2D eigenvalue weighted by Gasteiger charge is -2.09. The fourth-order valence-corrected chi connectivity index (χ4v) is 3.57. The highest BCUT2D eigenvalue weighted by molar-refractivity contribution is 9.10. The Balaban J connectivity index is 1.94. The van der Waals surface area contributed by atoms with E-state index in [1.165, 1.54) is 16.9 Å². The molecule has 1 unspecified atom stereocenters. The lowest BCUT2D eigenvalue weighted by atomic mass is 10.0.